The van der Waals surface area contributed by atoms with Crippen LogP contribution in [0.1, 0.15) is 36.6 Å². The Morgan fingerprint density at radius 1 is 1.55 bits per heavy atom. The Hall–Kier alpha value is -1.98. The Balaban J connectivity index is 2.41. The number of carboxylic acid groups (broad SMARTS) is 1. The maximum absolute atomic E-state index is 11.5. The maximum atomic E-state index is 11.5. The lowest BCUT2D eigenvalue weighted by molar-refractivity contribution is -0.386. The van der Waals surface area contributed by atoms with Crippen LogP contribution in [-0.2, 0) is 11.2 Å². The van der Waals surface area contributed by atoms with Gasteiger partial charge in [-0.2, -0.15) is 0 Å². The van der Waals surface area contributed by atoms with E-state index in [9.17, 15) is 20.0 Å². The van der Waals surface area contributed by atoms with Crippen LogP contribution in [0, 0.1) is 35.3 Å². The van der Waals surface area contributed by atoms with Gasteiger partial charge in [0.1, 0.15) is 0 Å². The minimum Gasteiger partial charge on any atom is -0.481 e. The fourth-order valence-electron chi connectivity index (χ4n) is 2.69. The number of hydrogen-bond donors (Lipinski definition) is 1. The van der Waals surface area contributed by atoms with E-state index in [0.717, 1.165) is 12.8 Å². The molecule has 6 nitrogen and oxygen atoms in total. The molecular weight excluding hydrogens is 260 g/mol. The highest BCUT2D eigenvalue weighted by molar-refractivity contribution is 5.75. The molecule has 0 saturated heterocycles. The van der Waals surface area contributed by atoms with Crippen molar-refractivity contribution in [1.82, 2.24) is 4.98 Å². The summed E-state index contributed by atoms with van der Waals surface area (Å²) in [6, 6.07) is 0. The first-order valence-corrected chi connectivity index (χ1v) is 6.60. The fourth-order valence-corrected chi connectivity index (χ4v) is 2.69. The Morgan fingerprint density at radius 3 is 2.60 bits per heavy atom. The predicted octanol–water partition coefficient (Wildman–Crippen LogP) is 2.65. The van der Waals surface area contributed by atoms with E-state index in [-0.39, 0.29) is 18.0 Å². The van der Waals surface area contributed by atoms with Crippen molar-refractivity contribution in [3.63, 3.8) is 0 Å². The summed E-state index contributed by atoms with van der Waals surface area (Å²) in [6.45, 7) is 4.99. The van der Waals surface area contributed by atoms with Gasteiger partial charge in [-0.15, -0.1) is 0 Å². The van der Waals surface area contributed by atoms with Crippen LogP contribution in [-0.4, -0.2) is 21.0 Å². The molecule has 1 fully saturated rings. The second kappa shape index (κ2) is 4.85. The summed E-state index contributed by atoms with van der Waals surface area (Å²) in [4.78, 5) is 26.4. The molecule has 0 aromatic carbocycles. The number of pyridine rings is 1. The molecule has 1 atom stereocenters. The molecule has 1 aliphatic carbocycles. The molecule has 2 rings (SSSR count). The third-order valence-electron chi connectivity index (χ3n) is 4.26. The highest BCUT2D eigenvalue weighted by atomic mass is 16.6. The normalized spacial score (nSPS) is 17.6. The molecule has 0 radical (unpaired) electrons. The average molecular weight is 278 g/mol. The van der Waals surface area contributed by atoms with Crippen molar-refractivity contribution in [2.45, 2.75) is 40.0 Å². The number of rotatable bonds is 5. The van der Waals surface area contributed by atoms with Crippen molar-refractivity contribution in [3.8, 4) is 0 Å². The van der Waals surface area contributed by atoms with Gasteiger partial charge < -0.3 is 5.11 Å². The molecule has 1 aromatic rings. The monoisotopic (exact) mass is 278 g/mol. The summed E-state index contributed by atoms with van der Waals surface area (Å²) in [6.07, 6.45) is 3.49. The molecule has 1 unspecified atom stereocenters. The summed E-state index contributed by atoms with van der Waals surface area (Å²) in [5.74, 6) is -0.717. The number of hydrogen-bond acceptors (Lipinski definition) is 4. The number of nitrogens with zero attached hydrogens (tertiary/aromatic N) is 2. The third kappa shape index (κ3) is 2.37. The van der Waals surface area contributed by atoms with E-state index >= 15 is 0 Å². The van der Waals surface area contributed by atoms with Crippen LogP contribution in [0.15, 0.2) is 6.20 Å². The first-order valence-electron chi connectivity index (χ1n) is 6.60. The Kier molecular flexibility index (Phi) is 3.50. The highest BCUT2D eigenvalue weighted by Gasteiger charge is 2.48. The lowest BCUT2D eigenvalue weighted by atomic mass is 9.79. The van der Waals surface area contributed by atoms with Gasteiger partial charge in [0, 0.05) is 23.7 Å². The zero-order chi connectivity index (χ0) is 15.1. The Morgan fingerprint density at radius 2 is 2.15 bits per heavy atom. The van der Waals surface area contributed by atoms with E-state index in [0.29, 0.717) is 16.8 Å². The number of aryl methyl sites for hydroxylation is 1. The van der Waals surface area contributed by atoms with E-state index in [1.54, 1.807) is 20.8 Å². The summed E-state index contributed by atoms with van der Waals surface area (Å²) in [5, 5.41) is 20.6. The van der Waals surface area contributed by atoms with Gasteiger partial charge in [-0.3, -0.25) is 19.9 Å². The summed E-state index contributed by atoms with van der Waals surface area (Å²) in [7, 11) is 0. The summed E-state index contributed by atoms with van der Waals surface area (Å²) < 4.78 is 0. The lowest BCUT2D eigenvalue weighted by Gasteiger charge is -2.24. The number of carbonyl (C=O) groups is 1. The number of carboxylic acids is 1. The molecule has 108 valence electrons. The summed E-state index contributed by atoms with van der Waals surface area (Å²) in [5.41, 5.74) is 0.640. The molecule has 0 amide bonds. The second-order valence-electron chi connectivity index (χ2n) is 5.79. The van der Waals surface area contributed by atoms with E-state index in [1.807, 2.05) is 0 Å². The first-order chi connectivity index (χ1) is 9.27. The van der Waals surface area contributed by atoms with Gasteiger partial charge in [-0.05, 0) is 39.5 Å². The van der Waals surface area contributed by atoms with Gasteiger partial charge in [-0.1, -0.05) is 0 Å². The van der Waals surface area contributed by atoms with Crippen molar-refractivity contribution in [2.75, 3.05) is 0 Å². The smallest absolute Gasteiger partial charge is 0.310 e. The molecule has 6 heteroatoms. The van der Waals surface area contributed by atoms with Gasteiger partial charge in [0.05, 0.1) is 16.0 Å². The minimum absolute atomic E-state index is 0.0403. The van der Waals surface area contributed by atoms with Crippen LogP contribution in [0.3, 0.4) is 0 Å². The van der Waals surface area contributed by atoms with Gasteiger partial charge in [0.15, 0.2) is 0 Å². The topological polar surface area (TPSA) is 93.3 Å². The van der Waals surface area contributed by atoms with Crippen molar-refractivity contribution in [2.24, 2.45) is 11.3 Å². The minimum atomic E-state index is -0.888. The number of aromatic nitrogens is 1. The standard InChI is InChI=1S/C14H18N2O4/c1-8-7-15-11(9(2)12(8)16(19)20)6-14(3,13(17)18)10-4-5-10/h7,10H,4-6H2,1-3H3,(H,17,18). The Labute approximate surface area is 117 Å². The second-order valence-corrected chi connectivity index (χ2v) is 5.79. The van der Waals surface area contributed by atoms with Crippen LogP contribution in [0.4, 0.5) is 5.69 Å². The molecule has 1 aliphatic rings. The zero-order valence-electron chi connectivity index (χ0n) is 11.8. The lowest BCUT2D eigenvalue weighted by Crippen LogP contribution is -2.33. The molecule has 0 bridgehead atoms. The molecule has 1 heterocycles. The van der Waals surface area contributed by atoms with Crippen molar-refractivity contribution < 1.29 is 14.8 Å². The van der Waals surface area contributed by atoms with Gasteiger partial charge in [0.25, 0.3) is 5.69 Å². The Bertz CT molecular complexity index is 581. The third-order valence-corrected chi connectivity index (χ3v) is 4.26. The quantitative estimate of drug-likeness (QED) is 0.660. The molecule has 1 saturated carbocycles. The van der Waals surface area contributed by atoms with E-state index in [4.69, 9.17) is 0 Å². The number of nitro groups is 1. The predicted molar refractivity (Wildman–Crippen MR) is 72.5 cm³/mol. The molecule has 1 aromatic heterocycles. The van der Waals surface area contributed by atoms with Crippen molar-refractivity contribution in [1.29, 1.82) is 0 Å². The van der Waals surface area contributed by atoms with Gasteiger partial charge in [0.2, 0.25) is 0 Å². The molecular formula is C14H18N2O4. The molecule has 1 N–H and O–H groups in total. The van der Waals surface area contributed by atoms with E-state index in [2.05, 4.69) is 4.98 Å². The zero-order valence-corrected chi connectivity index (χ0v) is 11.8. The van der Waals surface area contributed by atoms with Crippen molar-refractivity contribution >= 4 is 11.7 Å². The van der Waals surface area contributed by atoms with Crippen molar-refractivity contribution in [3.05, 3.63) is 33.1 Å². The van der Waals surface area contributed by atoms with Crippen LogP contribution >= 0.6 is 0 Å². The summed E-state index contributed by atoms with van der Waals surface area (Å²) >= 11 is 0. The van der Waals surface area contributed by atoms with Crippen LogP contribution in [0.25, 0.3) is 0 Å². The molecule has 0 aliphatic heterocycles. The van der Waals surface area contributed by atoms with E-state index in [1.165, 1.54) is 6.20 Å². The van der Waals surface area contributed by atoms with E-state index < -0.39 is 16.3 Å². The highest BCUT2D eigenvalue weighted by Crippen LogP contribution is 2.48. The fraction of sp³-hybridized carbons (Fsp3) is 0.571. The van der Waals surface area contributed by atoms with Crippen LogP contribution in [0.2, 0.25) is 0 Å². The van der Waals surface area contributed by atoms with Gasteiger partial charge >= 0.3 is 5.97 Å². The first kappa shape index (κ1) is 14.4. The van der Waals surface area contributed by atoms with Crippen LogP contribution < -0.4 is 0 Å². The molecule has 20 heavy (non-hydrogen) atoms. The SMILES string of the molecule is Cc1cnc(CC(C)(C(=O)O)C2CC2)c(C)c1[N+](=O)[O-]. The molecule has 0 spiro atoms. The average Bonchev–Trinajstić information content (AvgIpc) is 3.16. The number of aliphatic carboxylic acids is 1. The van der Waals surface area contributed by atoms with Crippen LogP contribution in [0.5, 0.6) is 0 Å². The largest absolute Gasteiger partial charge is 0.481 e. The maximum Gasteiger partial charge on any atom is 0.310 e. The van der Waals surface area contributed by atoms with Gasteiger partial charge in [-0.25, -0.2) is 0 Å².